The lowest BCUT2D eigenvalue weighted by Gasteiger charge is -2.39. The molecular weight excluding hydrogens is 202 g/mol. The number of hydrogen-bond donors (Lipinski definition) is 2. The summed E-state index contributed by atoms with van der Waals surface area (Å²) in [5.41, 5.74) is -0.721. The fraction of sp³-hybridized carbons (Fsp3) is 0.769. The molecule has 1 aliphatic rings. The summed E-state index contributed by atoms with van der Waals surface area (Å²) in [5.74, 6) is 0.367. The zero-order chi connectivity index (χ0) is 12.2. The molecule has 1 fully saturated rings. The molecule has 0 aromatic heterocycles. The molecule has 0 amide bonds. The van der Waals surface area contributed by atoms with Crippen LogP contribution in [-0.2, 0) is 4.79 Å². The van der Waals surface area contributed by atoms with Crippen LogP contribution in [0.2, 0.25) is 0 Å². The van der Waals surface area contributed by atoms with Crippen molar-refractivity contribution in [3.63, 3.8) is 0 Å². The Hall–Kier alpha value is -0.830. The highest BCUT2D eigenvalue weighted by Gasteiger charge is 2.42. The smallest absolute Gasteiger partial charge is 0.323 e. The van der Waals surface area contributed by atoms with E-state index >= 15 is 0 Å². The van der Waals surface area contributed by atoms with Crippen molar-refractivity contribution in [3.8, 4) is 0 Å². The molecule has 2 atom stereocenters. The molecule has 3 heteroatoms. The molecule has 0 aromatic rings. The van der Waals surface area contributed by atoms with Crippen LogP contribution < -0.4 is 5.32 Å². The average Bonchev–Trinajstić information content (AvgIpc) is 2.26. The summed E-state index contributed by atoms with van der Waals surface area (Å²) in [6, 6.07) is 0. The van der Waals surface area contributed by atoms with Crippen molar-refractivity contribution in [2.45, 2.75) is 45.1 Å². The molecule has 16 heavy (non-hydrogen) atoms. The van der Waals surface area contributed by atoms with Crippen LogP contribution in [0.1, 0.15) is 39.5 Å². The quantitative estimate of drug-likeness (QED) is 0.706. The molecule has 0 spiro atoms. The Balaban J connectivity index is 2.75. The zero-order valence-corrected chi connectivity index (χ0v) is 10.3. The van der Waals surface area contributed by atoms with E-state index in [1.54, 1.807) is 6.08 Å². The second-order valence-electron chi connectivity index (χ2n) is 5.16. The molecule has 2 unspecified atom stereocenters. The highest BCUT2D eigenvalue weighted by Crippen LogP contribution is 2.36. The molecule has 0 radical (unpaired) electrons. The van der Waals surface area contributed by atoms with Gasteiger partial charge in [0.15, 0.2) is 0 Å². The van der Waals surface area contributed by atoms with Crippen LogP contribution >= 0.6 is 0 Å². The summed E-state index contributed by atoms with van der Waals surface area (Å²) in [4.78, 5) is 11.5. The van der Waals surface area contributed by atoms with Gasteiger partial charge in [-0.2, -0.15) is 0 Å². The monoisotopic (exact) mass is 225 g/mol. The van der Waals surface area contributed by atoms with Gasteiger partial charge in [0.2, 0.25) is 0 Å². The van der Waals surface area contributed by atoms with Crippen molar-refractivity contribution in [1.82, 2.24) is 5.32 Å². The molecule has 1 saturated carbocycles. The topological polar surface area (TPSA) is 49.3 Å². The van der Waals surface area contributed by atoms with Crippen LogP contribution in [0.5, 0.6) is 0 Å². The first-order valence-corrected chi connectivity index (χ1v) is 6.11. The largest absolute Gasteiger partial charge is 0.480 e. The molecule has 1 aliphatic carbocycles. The Morgan fingerprint density at radius 3 is 2.88 bits per heavy atom. The zero-order valence-electron chi connectivity index (χ0n) is 10.3. The van der Waals surface area contributed by atoms with Gasteiger partial charge in [-0.25, -0.2) is 0 Å². The van der Waals surface area contributed by atoms with Gasteiger partial charge in [-0.3, -0.25) is 10.1 Å². The van der Waals surface area contributed by atoms with Crippen molar-refractivity contribution in [3.05, 3.63) is 12.7 Å². The Morgan fingerprint density at radius 2 is 2.38 bits per heavy atom. The fourth-order valence-corrected chi connectivity index (χ4v) is 2.58. The first-order valence-electron chi connectivity index (χ1n) is 6.11. The van der Waals surface area contributed by atoms with Crippen LogP contribution in [0.15, 0.2) is 12.7 Å². The normalized spacial score (nSPS) is 30.3. The number of hydrogen-bond acceptors (Lipinski definition) is 2. The number of carboxylic acids is 1. The maximum absolute atomic E-state index is 11.5. The van der Waals surface area contributed by atoms with Gasteiger partial charge >= 0.3 is 5.97 Å². The fourth-order valence-electron chi connectivity index (χ4n) is 2.58. The SMILES string of the molecule is C=CCNC1(C(=O)O)CCCC(C(C)C)C1. The molecule has 3 nitrogen and oxygen atoms in total. The van der Waals surface area contributed by atoms with Crippen LogP contribution in [0.3, 0.4) is 0 Å². The molecule has 0 aliphatic heterocycles. The van der Waals surface area contributed by atoms with Gasteiger partial charge in [0, 0.05) is 6.54 Å². The predicted octanol–water partition coefficient (Wildman–Crippen LogP) is 2.43. The Bertz CT molecular complexity index is 263. The van der Waals surface area contributed by atoms with Crippen molar-refractivity contribution in [2.24, 2.45) is 11.8 Å². The average molecular weight is 225 g/mol. The molecule has 1 rings (SSSR count). The Labute approximate surface area is 97.9 Å². The molecule has 0 aromatic carbocycles. The first kappa shape index (κ1) is 13.2. The van der Waals surface area contributed by atoms with Crippen molar-refractivity contribution in [2.75, 3.05) is 6.54 Å². The maximum atomic E-state index is 11.5. The van der Waals surface area contributed by atoms with Crippen LogP contribution in [-0.4, -0.2) is 23.2 Å². The summed E-state index contributed by atoms with van der Waals surface area (Å²) in [7, 11) is 0. The lowest BCUT2D eigenvalue weighted by Crippen LogP contribution is -2.55. The lowest BCUT2D eigenvalue weighted by atomic mass is 9.71. The van der Waals surface area contributed by atoms with E-state index < -0.39 is 11.5 Å². The summed E-state index contributed by atoms with van der Waals surface area (Å²) in [6.45, 7) is 8.55. The highest BCUT2D eigenvalue weighted by molar-refractivity contribution is 5.79. The minimum absolute atomic E-state index is 0.516. The van der Waals surface area contributed by atoms with Crippen LogP contribution in [0.25, 0.3) is 0 Å². The Kier molecular flexibility index (Phi) is 4.54. The van der Waals surface area contributed by atoms with Gasteiger partial charge in [0.1, 0.15) is 5.54 Å². The molecule has 0 saturated heterocycles. The third-order valence-corrected chi connectivity index (χ3v) is 3.73. The van der Waals surface area contributed by atoms with E-state index in [4.69, 9.17) is 0 Å². The third kappa shape index (κ3) is 2.85. The van der Waals surface area contributed by atoms with E-state index in [2.05, 4.69) is 25.7 Å². The van der Waals surface area contributed by atoms with Crippen molar-refractivity contribution >= 4 is 5.97 Å². The summed E-state index contributed by atoms with van der Waals surface area (Å²) in [6.07, 6.45) is 5.36. The second-order valence-corrected chi connectivity index (χ2v) is 5.16. The highest BCUT2D eigenvalue weighted by atomic mass is 16.4. The standard InChI is InChI=1S/C13H23NO2/c1-4-8-14-13(12(15)16)7-5-6-11(9-13)10(2)3/h4,10-11,14H,1,5-9H2,2-3H3,(H,15,16). The van der Waals surface area contributed by atoms with Gasteiger partial charge in [0.25, 0.3) is 0 Å². The molecular formula is C13H23NO2. The third-order valence-electron chi connectivity index (χ3n) is 3.73. The van der Waals surface area contributed by atoms with Crippen LogP contribution in [0, 0.1) is 11.8 Å². The minimum Gasteiger partial charge on any atom is -0.480 e. The summed E-state index contributed by atoms with van der Waals surface area (Å²) < 4.78 is 0. The van der Waals surface area contributed by atoms with E-state index in [-0.39, 0.29) is 0 Å². The first-order chi connectivity index (χ1) is 7.52. The molecule has 2 N–H and O–H groups in total. The van der Waals surface area contributed by atoms with Gasteiger partial charge in [-0.05, 0) is 24.7 Å². The summed E-state index contributed by atoms with van der Waals surface area (Å²) >= 11 is 0. The molecule has 0 heterocycles. The van der Waals surface area contributed by atoms with Gasteiger partial charge in [-0.1, -0.05) is 32.8 Å². The lowest BCUT2D eigenvalue weighted by molar-refractivity contribution is -0.147. The maximum Gasteiger partial charge on any atom is 0.323 e. The van der Waals surface area contributed by atoms with E-state index in [1.807, 2.05) is 0 Å². The minimum atomic E-state index is -0.721. The van der Waals surface area contributed by atoms with E-state index in [0.717, 1.165) is 25.7 Å². The van der Waals surface area contributed by atoms with Gasteiger partial charge in [-0.15, -0.1) is 6.58 Å². The van der Waals surface area contributed by atoms with Gasteiger partial charge in [0.05, 0.1) is 0 Å². The number of carboxylic acid groups (broad SMARTS) is 1. The Morgan fingerprint density at radius 1 is 1.69 bits per heavy atom. The number of carbonyl (C=O) groups is 1. The number of nitrogens with one attached hydrogen (secondary N) is 1. The number of aliphatic carboxylic acids is 1. The van der Waals surface area contributed by atoms with Crippen molar-refractivity contribution < 1.29 is 9.90 Å². The van der Waals surface area contributed by atoms with E-state index in [1.165, 1.54) is 0 Å². The number of rotatable bonds is 5. The molecule has 92 valence electrons. The van der Waals surface area contributed by atoms with E-state index in [0.29, 0.717) is 18.4 Å². The summed E-state index contributed by atoms with van der Waals surface area (Å²) in [5, 5.41) is 12.6. The van der Waals surface area contributed by atoms with Crippen LogP contribution in [0.4, 0.5) is 0 Å². The predicted molar refractivity (Wildman–Crippen MR) is 65.4 cm³/mol. The van der Waals surface area contributed by atoms with E-state index in [9.17, 15) is 9.90 Å². The van der Waals surface area contributed by atoms with Crippen molar-refractivity contribution in [1.29, 1.82) is 0 Å². The molecule has 0 bridgehead atoms. The van der Waals surface area contributed by atoms with Gasteiger partial charge < -0.3 is 5.11 Å². The second kappa shape index (κ2) is 5.48.